The molecule has 17 heteroatoms. The van der Waals surface area contributed by atoms with Crippen LogP contribution in [0.5, 0.6) is 0 Å². The third-order valence-corrected chi connectivity index (χ3v) is 2.06. The summed E-state index contributed by atoms with van der Waals surface area (Å²) < 4.78 is 58.9. The minimum atomic E-state index is -3.70. The molecule has 0 fully saturated rings. The van der Waals surface area contributed by atoms with Crippen LogP contribution in [-0.4, -0.2) is 71.1 Å². The van der Waals surface area contributed by atoms with Crippen molar-refractivity contribution in [3.05, 3.63) is 0 Å². The number of halogens is 3. The molecule has 7 N–H and O–H groups in total. The van der Waals surface area contributed by atoms with E-state index in [0.717, 1.165) is 19.3 Å². The molecule has 0 bridgehead atoms. The van der Waals surface area contributed by atoms with Crippen molar-refractivity contribution < 1.29 is 76.3 Å². The molecule has 0 spiro atoms. The minimum Gasteiger partial charge on any atom is -1.00 e. The molecule has 0 saturated heterocycles. The van der Waals surface area contributed by atoms with Gasteiger partial charge in [-0.3, -0.25) is 17.5 Å². The van der Waals surface area contributed by atoms with E-state index in [1.165, 1.54) is 0 Å². The second kappa shape index (κ2) is 24.5. The topological polar surface area (TPSA) is 176 Å². The fraction of sp³-hybridized carbons (Fsp3) is 1.00. The third kappa shape index (κ3) is 174. The summed E-state index contributed by atoms with van der Waals surface area (Å²) in [5.41, 5.74) is 0. The van der Waals surface area contributed by atoms with Crippen molar-refractivity contribution in [2.24, 2.45) is 0 Å². The summed E-state index contributed by atoms with van der Waals surface area (Å²) in [4.78, 5) is 0. The zero-order chi connectivity index (χ0) is 18.8. The molecule has 0 aliphatic heterocycles. The molecule has 0 aromatic heterocycles. The van der Waals surface area contributed by atoms with Crippen LogP contribution < -0.4 is 18.9 Å². The van der Waals surface area contributed by atoms with Gasteiger partial charge in [0.05, 0.1) is 5.75 Å². The fourth-order valence-corrected chi connectivity index (χ4v) is 1.28. The van der Waals surface area contributed by atoms with Crippen LogP contribution >= 0.6 is 0 Å². The summed E-state index contributed by atoms with van der Waals surface area (Å²) in [5.74, 6) is -0.0903. The average Bonchev–Trinajstić information content (AvgIpc) is 2.20. The van der Waals surface area contributed by atoms with Gasteiger partial charge in [0.2, 0.25) is 0 Å². The summed E-state index contributed by atoms with van der Waals surface area (Å²) in [7, 11) is -11.7. The molecule has 0 radical (unpaired) electrons. The van der Waals surface area contributed by atoms with Gasteiger partial charge in [0.25, 0.3) is 10.1 Å². The molecule has 9 nitrogen and oxygen atoms in total. The Morgan fingerprint density at radius 1 is 0.826 bits per heavy atom. The van der Waals surface area contributed by atoms with Gasteiger partial charge in [0, 0.05) is 0 Å². The molecule has 0 rings (SSSR count). The zero-order valence-corrected chi connectivity index (χ0v) is 13.6. The van der Waals surface area contributed by atoms with Crippen molar-refractivity contribution >= 4 is 32.3 Å². The van der Waals surface area contributed by atoms with Gasteiger partial charge in [0.1, 0.15) is 0 Å². The molecule has 0 aliphatic carbocycles. The SMILES string of the molecule is CCCCCCS(=O)(=O)O.OB(O)F.OB(O)F.OB(O)F.[H-].[Li+]. The van der Waals surface area contributed by atoms with Crippen LogP contribution in [0.1, 0.15) is 34.0 Å². The van der Waals surface area contributed by atoms with E-state index in [1.807, 2.05) is 6.92 Å². The second-order valence-electron chi connectivity index (χ2n) is 3.28. The van der Waals surface area contributed by atoms with Gasteiger partial charge in [-0.25, -0.2) is 0 Å². The smallest absolute Gasteiger partial charge is 1.00 e. The molecule has 0 aromatic rings. The average molecular weight is 366 g/mol. The summed E-state index contributed by atoms with van der Waals surface area (Å²) in [6.45, 7) is 2.05. The maximum absolute atomic E-state index is 10.1. The largest absolute Gasteiger partial charge is 1.00 e. The van der Waals surface area contributed by atoms with E-state index < -0.39 is 32.3 Å². The summed E-state index contributed by atoms with van der Waals surface area (Å²) in [6.07, 6.45) is 3.57. The first-order valence-electron chi connectivity index (χ1n) is 5.72. The number of unbranched alkanes of at least 4 members (excludes halogenated alkanes) is 3. The summed E-state index contributed by atoms with van der Waals surface area (Å²) in [5, 5.41) is 41.7. The van der Waals surface area contributed by atoms with Gasteiger partial charge in [0.15, 0.2) is 0 Å². The Morgan fingerprint density at radius 3 is 1.26 bits per heavy atom. The molecule has 23 heavy (non-hydrogen) atoms. The van der Waals surface area contributed by atoms with Gasteiger partial charge in [-0.2, -0.15) is 8.42 Å². The molecule has 0 amide bonds. The summed E-state index contributed by atoms with van der Waals surface area (Å²) in [6, 6.07) is 0. The third-order valence-electron chi connectivity index (χ3n) is 1.26. The monoisotopic (exact) mass is 366 g/mol. The van der Waals surface area contributed by atoms with Crippen molar-refractivity contribution in [1.82, 2.24) is 0 Å². The Morgan fingerprint density at radius 2 is 1.09 bits per heavy atom. The van der Waals surface area contributed by atoms with Crippen LogP contribution in [0.25, 0.3) is 0 Å². The molecule has 0 heterocycles. The first-order chi connectivity index (χ1) is 9.76. The Labute approximate surface area is 147 Å². The first-order valence-corrected chi connectivity index (χ1v) is 7.32. The number of hydrogen-bond acceptors (Lipinski definition) is 8. The second-order valence-corrected chi connectivity index (χ2v) is 4.85. The molecular formula is C6H21B3F3LiO9S. The van der Waals surface area contributed by atoms with E-state index in [-0.39, 0.29) is 26.0 Å². The molecular weight excluding hydrogens is 344 g/mol. The van der Waals surface area contributed by atoms with Crippen molar-refractivity contribution in [3.8, 4) is 0 Å². The molecule has 0 unspecified atom stereocenters. The number of hydrogen-bond donors (Lipinski definition) is 7. The van der Waals surface area contributed by atoms with Crippen molar-refractivity contribution in [2.45, 2.75) is 32.6 Å². The van der Waals surface area contributed by atoms with Crippen molar-refractivity contribution in [3.63, 3.8) is 0 Å². The van der Waals surface area contributed by atoms with Crippen LogP contribution in [0, 0.1) is 0 Å². The van der Waals surface area contributed by atoms with Gasteiger partial charge in [-0.05, 0) is 6.42 Å². The Hall–Kier alpha value is 0.252. The normalized spacial score (nSPS) is 8.65. The first kappa shape index (κ1) is 34.6. The Bertz CT molecular complexity index is 284. The van der Waals surface area contributed by atoms with E-state index in [2.05, 4.69) is 0 Å². The summed E-state index contributed by atoms with van der Waals surface area (Å²) >= 11 is 0. The standard InChI is InChI=1S/C6H14O3S.3BFH2O2.Li.H/c1-2-3-4-5-6-10(7,8)9;3*2-1(3)4;;/h2-6H2,1H3,(H,7,8,9);3*3-4H;;/q;;;;+1;-1. The molecule has 0 aromatic carbocycles. The molecule has 0 saturated carbocycles. The van der Waals surface area contributed by atoms with Gasteiger partial charge < -0.3 is 31.6 Å². The number of rotatable bonds is 5. The maximum Gasteiger partial charge on any atom is 1.00 e. The minimum absolute atomic E-state index is 0. The van der Waals surface area contributed by atoms with Crippen LogP contribution in [0.15, 0.2) is 0 Å². The fourth-order valence-electron chi connectivity index (χ4n) is 0.711. The van der Waals surface area contributed by atoms with Crippen LogP contribution in [0.4, 0.5) is 12.9 Å². The van der Waals surface area contributed by atoms with Crippen LogP contribution in [0.3, 0.4) is 0 Å². The van der Waals surface area contributed by atoms with Crippen LogP contribution in [-0.2, 0) is 10.1 Å². The van der Waals surface area contributed by atoms with Gasteiger partial charge >= 0.3 is 41.0 Å². The van der Waals surface area contributed by atoms with Gasteiger partial charge in [-0.1, -0.05) is 26.2 Å². The predicted molar refractivity (Wildman–Crippen MR) is 75.6 cm³/mol. The van der Waals surface area contributed by atoms with Crippen LogP contribution in [0.2, 0.25) is 0 Å². The van der Waals surface area contributed by atoms with E-state index in [1.54, 1.807) is 0 Å². The van der Waals surface area contributed by atoms with E-state index in [9.17, 15) is 21.4 Å². The van der Waals surface area contributed by atoms with Gasteiger partial charge in [-0.15, -0.1) is 0 Å². The maximum atomic E-state index is 10.1. The Balaban J connectivity index is -0.0000000492. The zero-order valence-electron chi connectivity index (χ0n) is 13.8. The van der Waals surface area contributed by atoms with E-state index in [4.69, 9.17) is 34.7 Å². The predicted octanol–water partition coefficient (Wildman–Crippen LogP) is -4.65. The van der Waals surface area contributed by atoms with E-state index >= 15 is 0 Å². The molecule has 0 atom stereocenters. The molecule has 136 valence electrons. The van der Waals surface area contributed by atoms with Crippen molar-refractivity contribution in [2.75, 3.05) is 5.75 Å². The van der Waals surface area contributed by atoms with E-state index in [0.29, 0.717) is 6.42 Å². The Kier molecular flexibility index (Phi) is 36.8. The quantitative estimate of drug-likeness (QED) is 0.143. The van der Waals surface area contributed by atoms with Crippen molar-refractivity contribution in [1.29, 1.82) is 0 Å². The molecule has 0 aliphatic rings.